The Balaban J connectivity index is 1.13. The second kappa shape index (κ2) is 12.8. The molecule has 0 radical (unpaired) electrons. The molecule has 0 spiro atoms. The van der Waals surface area contributed by atoms with Gasteiger partial charge in [0.15, 0.2) is 0 Å². The SMILES string of the molecule is C=C(C)[C@@H]1CCC2(NCCC3(O)CCC(C)(O)CC3)CC[C@]3(C)C(CC[C@H]4C3(C)CC[C@H]3C(C)(C)C(C5=CC[C@@](CO)(CF)CC5)=CC[C@@]34C)[C@@H]12. The number of hydrogen-bond acceptors (Lipinski definition) is 4. The molecule has 0 aliphatic heterocycles. The summed E-state index contributed by atoms with van der Waals surface area (Å²) in [5, 5.41) is 36.2. The molecular weight excluding hydrogens is 634 g/mol. The Morgan fingerprint density at radius 2 is 1.55 bits per heavy atom. The predicted molar refractivity (Wildman–Crippen MR) is 207 cm³/mol. The largest absolute Gasteiger partial charge is 0.396 e. The van der Waals surface area contributed by atoms with Crippen molar-refractivity contribution in [3.05, 3.63) is 35.5 Å². The Morgan fingerprint density at radius 3 is 2.18 bits per heavy atom. The third kappa shape index (κ3) is 5.85. The van der Waals surface area contributed by atoms with Crippen molar-refractivity contribution in [2.45, 2.75) is 174 Å². The van der Waals surface area contributed by atoms with Crippen LogP contribution in [0, 0.1) is 56.7 Å². The van der Waals surface area contributed by atoms with E-state index in [2.05, 4.69) is 65.6 Å². The second-order valence-corrected chi connectivity index (χ2v) is 21.5. The molecule has 0 bridgehead atoms. The van der Waals surface area contributed by atoms with Gasteiger partial charge in [0.2, 0.25) is 0 Å². The standard InChI is InChI=1S/C46H74FNO3/c1-31(2)33-13-20-46(48-28-27-45(51)24-21-40(5,50)22-25-45)26-23-42(7)35(38(33)46)9-10-37-41(6)16-14-34(32-11-18-44(29-47,30-49)19-12-32)39(3,4)36(41)15-17-43(37,42)8/h11,14,33,35-38,48-51H,1,9-10,12-13,15-30H2,2-8H3/t33-,35?,36-,37+,38+,40?,41-,42+,43?,44-,45?,46?/m0/s1. The highest BCUT2D eigenvalue weighted by Crippen LogP contribution is 2.76. The number of allylic oxidation sites excluding steroid dienone is 5. The first kappa shape index (κ1) is 38.3. The summed E-state index contributed by atoms with van der Waals surface area (Å²) < 4.78 is 14.0. The van der Waals surface area contributed by atoms with Crippen LogP contribution >= 0.6 is 0 Å². The van der Waals surface area contributed by atoms with Crippen molar-refractivity contribution < 1.29 is 19.7 Å². The summed E-state index contributed by atoms with van der Waals surface area (Å²) in [7, 11) is 0. The van der Waals surface area contributed by atoms with E-state index in [-0.39, 0.29) is 33.8 Å². The fraction of sp³-hybridized carbons (Fsp3) is 0.870. The molecule has 0 amide bonds. The van der Waals surface area contributed by atoms with Crippen LogP contribution in [0.4, 0.5) is 4.39 Å². The first-order valence-electron chi connectivity index (χ1n) is 21.3. The van der Waals surface area contributed by atoms with Crippen molar-refractivity contribution in [2.75, 3.05) is 19.8 Å². The van der Waals surface area contributed by atoms with Gasteiger partial charge in [0.25, 0.3) is 0 Å². The summed E-state index contributed by atoms with van der Waals surface area (Å²) in [5.41, 5.74) is 3.48. The average Bonchev–Trinajstić information content (AvgIpc) is 3.47. The molecule has 0 aromatic carbocycles. The summed E-state index contributed by atoms with van der Waals surface area (Å²) >= 11 is 0. The van der Waals surface area contributed by atoms with Gasteiger partial charge in [-0.15, -0.1) is 0 Å². The highest BCUT2D eigenvalue weighted by Gasteiger charge is 2.70. The van der Waals surface area contributed by atoms with E-state index < -0.39 is 23.3 Å². The van der Waals surface area contributed by atoms with Crippen molar-refractivity contribution in [2.24, 2.45) is 56.7 Å². The molecule has 5 saturated carbocycles. The molecule has 0 saturated heterocycles. The molecule has 4 nitrogen and oxygen atoms in total. The average molecular weight is 708 g/mol. The maximum Gasteiger partial charge on any atom is 0.0975 e. The number of halogens is 1. The lowest BCUT2D eigenvalue weighted by atomic mass is 9.33. The monoisotopic (exact) mass is 708 g/mol. The first-order chi connectivity index (χ1) is 23.8. The van der Waals surface area contributed by atoms with Crippen molar-refractivity contribution in [3.8, 4) is 0 Å². The molecule has 0 aromatic heterocycles. The summed E-state index contributed by atoms with van der Waals surface area (Å²) in [6, 6.07) is 0. The molecule has 3 unspecified atom stereocenters. The van der Waals surface area contributed by atoms with Crippen LogP contribution in [0.2, 0.25) is 0 Å². The molecule has 10 atom stereocenters. The van der Waals surface area contributed by atoms with E-state index in [1.807, 2.05) is 6.92 Å². The van der Waals surface area contributed by atoms with Gasteiger partial charge in [0, 0.05) is 11.0 Å². The van der Waals surface area contributed by atoms with Gasteiger partial charge in [0.05, 0.1) is 24.5 Å². The Labute approximate surface area is 310 Å². The predicted octanol–water partition coefficient (Wildman–Crippen LogP) is 10.0. The van der Waals surface area contributed by atoms with Crippen LogP contribution in [0.3, 0.4) is 0 Å². The minimum Gasteiger partial charge on any atom is -0.396 e. The minimum absolute atomic E-state index is 0.0596. The highest BCUT2D eigenvalue weighted by atomic mass is 19.1. The lowest BCUT2D eigenvalue weighted by Crippen LogP contribution is -2.68. The van der Waals surface area contributed by atoms with Crippen LogP contribution in [-0.2, 0) is 0 Å². The van der Waals surface area contributed by atoms with E-state index >= 15 is 0 Å². The number of fused-ring (bicyclic) bond motifs is 7. The molecule has 0 aromatic rings. The van der Waals surface area contributed by atoms with Crippen LogP contribution in [-0.4, -0.2) is 51.9 Å². The van der Waals surface area contributed by atoms with Crippen molar-refractivity contribution in [1.29, 1.82) is 0 Å². The first-order valence-corrected chi connectivity index (χ1v) is 21.3. The molecule has 7 aliphatic rings. The zero-order chi connectivity index (χ0) is 36.9. The second-order valence-electron chi connectivity index (χ2n) is 21.5. The number of rotatable bonds is 8. The number of aliphatic hydroxyl groups is 3. The molecule has 0 heterocycles. The smallest absolute Gasteiger partial charge is 0.0975 e. The minimum atomic E-state index is -0.662. The normalized spacial score (nSPS) is 50.6. The van der Waals surface area contributed by atoms with Gasteiger partial charge in [-0.1, -0.05) is 58.9 Å². The quantitative estimate of drug-likeness (QED) is 0.190. The summed E-state index contributed by atoms with van der Waals surface area (Å²) in [6.07, 6.45) is 22.0. The van der Waals surface area contributed by atoms with E-state index in [9.17, 15) is 19.7 Å². The third-order valence-electron chi connectivity index (χ3n) is 18.6. The molecule has 51 heavy (non-hydrogen) atoms. The lowest BCUT2D eigenvalue weighted by Gasteiger charge is -2.72. The molecule has 7 aliphatic carbocycles. The Kier molecular flexibility index (Phi) is 9.58. The third-order valence-corrected chi connectivity index (χ3v) is 18.6. The van der Waals surface area contributed by atoms with Crippen molar-refractivity contribution in [1.82, 2.24) is 5.32 Å². The van der Waals surface area contributed by atoms with Crippen molar-refractivity contribution in [3.63, 3.8) is 0 Å². The van der Waals surface area contributed by atoms with Gasteiger partial charge < -0.3 is 20.6 Å². The van der Waals surface area contributed by atoms with Crippen molar-refractivity contribution >= 4 is 0 Å². The van der Waals surface area contributed by atoms with Gasteiger partial charge in [-0.05, 0) is 192 Å². The number of aliphatic hydroxyl groups excluding tert-OH is 1. The zero-order valence-electron chi connectivity index (χ0n) is 33.6. The van der Waals surface area contributed by atoms with Crippen LogP contribution in [0.25, 0.3) is 0 Å². The molecular formula is C46H74FNO3. The van der Waals surface area contributed by atoms with E-state index in [1.165, 1.54) is 68.1 Å². The van der Waals surface area contributed by atoms with Crippen LogP contribution in [0.1, 0.15) is 158 Å². The Morgan fingerprint density at radius 1 is 0.824 bits per heavy atom. The van der Waals surface area contributed by atoms with E-state index in [0.29, 0.717) is 61.7 Å². The molecule has 7 rings (SSSR count). The molecule has 5 heteroatoms. The Hall–Kier alpha value is -1.01. The Bertz CT molecular complexity index is 1410. The number of nitrogens with one attached hydrogen (secondary N) is 1. The molecule has 5 fully saturated rings. The number of alkyl halides is 1. The van der Waals surface area contributed by atoms with Gasteiger partial charge in [0.1, 0.15) is 0 Å². The summed E-state index contributed by atoms with van der Waals surface area (Å²) in [6.45, 7) is 22.3. The maximum atomic E-state index is 14.0. The molecule has 4 N–H and O–H groups in total. The summed E-state index contributed by atoms with van der Waals surface area (Å²) in [5.74, 6) is 3.16. The van der Waals surface area contributed by atoms with Gasteiger partial charge >= 0.3 is 0 Å². The van der Waals surface area contributed by atoms with Crippen LogP contribution < -0.4 is 5.32 Å². The molecule has 288 valence electrons. The van der Waals surface area contributed by atoms with E-state index in [4.69, 9.17) is 0 Å². The van der Waals surface area contributed by atoms with Gasteiger partial charge in [-0.2, -0.15) is 0 Å². The zero-order valence-corrected chi connectivity index (χ0v) is 33.6. The topological polar surface area (TPSA) is 72.7 Å². The van der Waals surface area contributed by atoms with Crippen LogP contribution in [0.15, 0.2) is 35.5 Å². The number of hydrogen-bond donors (Lipinski definition) is 4. The highest BCUT2D eigenvalue weighted by molar-refractivity contribution is 5.41. The summed E-state index contributed by atoms with van der Waals surface area (Å²) in [4.78, 5) is 0. The maximum absolute atomic E-state index is 14.0. The fourth-order valence-electron chi connectivity index (χ4n) is 15.1. The van der Waals surface area contributed by atoms with E-state index in [0.717, 1.165) is 32.2 Å². The van der Waals surface area contributed by atoms with Gasteiger partial charge in [-0.25, -0.2) is 0 Å². The fourth-order valence-corrected chi connectivity index (χ4v) is 15.1. The lowest BCUT2D eigenvalue weighted by molar-refractivity contribution is -0.221. The van der Waals surface area contributed by atoms with Gasteiger partial charge in [-0.3, -0.25) is 4.39 Å². The van der Waals surface area contributed by atoms with Crippen LogP contribution in [0.5, 0.6) is 0 Å². The van der Waals surface area contributed by atoms with E-state index in [1.54, 1.807) is 0 Å².